The van der Waals surface area contributed by atoms with E-state index >= 15 is 0 Å². The van der Waals surface area contributed by atoms with Crippen LogP contribution in [0.15, 0.2) is 29.3 Å². The molecule has 0 radical (unpaired) electrons. The Bertz CT molecular complexity index is 662. The zero-order valence-corrected chi connectivity index (χ0v) is 12.5. The fourth-order valence-electron chi connectivity index (χ4n) is 2.47. The lowest BCUT2D eigenvalue weighted by Crippen LogP contribution is -2.51. The first-order chi connectivity index (χ1) is 9.82. The zero-order valence-electron chi connectivity index (χ0n) is 11.7. The highest BCUT2D eigenvalue weighted by atomic mass is 32.2. The van der Waals surface area contributed by atoms with Crippen LogP contribution >= 0.6 is 0 Å². The summed E-state index contributed by atoms with van der Waals surface area (Å²) in [4.78, 5) is 4.25. The molecule has 1 heterocycles. The van der Waals surface area contributed by atoms with Gasteiger partial charge in [-0.3, -0.25) is 0 Å². The molecule has 1 aliphatic rings. The topological polar surface area (TPSA) is 96.0 Å². The molecule has 1 aliphatic heterocycles. The SMILES string of the molecule is CN1C(N)=NC(CCCO)(c2ccccc2F)CS1(=O)=O. The Balaban J connectivity index is 2.62. The maximum atomic E-state index is 14.1. The predicted molar refractivity (Wildman–Crippen MR) is 77.6 cm³/mol. The molecule has 0 spiro atoms. The predicted octanol–water partition coefficient (Wildman–Crippen LogP) is 0.383. The average Bonchev–Trinajstić information content (AvgIpc) is 2.42. The number of nitrogens with two attached hydrogens (primary N) is 1. The normalized spacial score (nSPS) is 24.7. The van der Waals surface area contributed by atoms with Crippen LogP contribution in [0.3, 0.4) is 0 Å². The number of sulfonamides is 1. The van der Waals surface area contributed by atoms with Crippen molar-refractivity contribution in [2.75, 3.05) is 19.4 Å². The summed E-state index contributed by atoms with van der Waals surface area (Å²) in [6, 6.07) is 5.90. The number of guanidine groups is 1. The Morgan fingerprint density at radius 1 is 1.48 bits per heavy atom. The van der Waals surface area contributed by atoms with Crippen molar-refractivity contribution >= 4 is 16.0 Å². The highest BCUT2D eigenvalue weighted by molar-refractivity contribution is 7.89. The molecule has 0 saturated carbocycles. The van der Waals surface area contributed by atoms with Crippen molar-refractivity contribution in [2.24, 2.45) is 10.7 Å². The van der Waals surface area contributed by atoms with Crippen LogP contribution in [0.2, 0.25) is 0 Å². The number of halogens is 1. The van der Waals surface area contributed by atoms with Crippen LogP contribution in [-0.4, -0.2) is 43.2 Å². The van der Waals surface area contributed by atoms with Crippen LogP contribution < -0.4 is 5.73 Å². The molecular formula is C13H18FN3O3S. The van der Waals surface area contributed by atoms with Gasteiger partial charge in [-0.05, 0) is 18.9 Å². The second kappa shape index (κ2) is 5.61. The third-order valence-electron chi connectivity index (χ3n) is 3.61. The first kappa shape index (κ1) is 15.7. The van der Waals surface area contributed by atoms with E-state index in [1.165, 1.54) is 25.2 Å². The second-order valence-electron chi connectivity index (χ2n) is 5.03. The summed E-state index contributed by atoms with van der Waals surface area (Å²) >= 11 is 0. The molecule has 0 aliphatic carbocycles. The summed E-state index contributed by atoms with van der Waals surface area (Å²) in [5, 5.41) is 9.04. The summed E-state index contributed by atoms with van der Waals surface area (Å²) in [6.45, 7) is -0.137. The largest absolute Gasteiger partial charge is 0.396 e. The lowest BCUT2D eigenvalue weighted by molar-refractivity contribution is 0.263. The molecule has 6 nitrogen and oxygen atoms in total. The second-order valence-corrected chi connectivity index (χ2v) is 7.03. The molecular weight excluding hydrogens is 297 g/mol. The molecule has 8 heteroatoms. The van der Waals surface area contributed by atoms with Gasteiger partial charge in [0.25, 0.3) is 0 Å². The lowest BCUT2D eigenvalue weighted by Gasteiger charge is -2.37. The fraction of sp³-hybridized carbons (Fsp3) is 0.462. The van der Waals surface area contributed by atoms with Crippen molar-refractivity contribution in [3.63, 3.8) is 0 Å². The minimum Gasteiger partial charge on any atom is -0.396 e. The Hall–Kier alpha value is -1.67. The first-order valence-electron chi connectivity index (χ1n) is 6.50. The van der Waals surface area contributed by atoms with Gasteiger partial charge in [0.15, 0.2) is 0 Å². The van der Waals surface area contributed by atoms with E-state index in [1.807, 2.05) is 0 Å². The smallest absolute Gasteiger partial charge is 0.239 e. The maximum absolute atomic E-state index is 14.1. The van der Waals surface area contributed by atoms with Crippen molar-refractivity contribution in [1.29, 1.82) is 0 Å². The minimum absolute atomic E-state index is 0.137. The molecule has 0 fully saturated rings. The van der Waals surface area contributed by atoms with E-state index in [-0.39, 0.29) is 30.3 Å². The summed E-state index contributed by atoms with van der Waals surface area (Å²) in [7, 11) is -2.37. The van der Waals surface area contributed by atoms with E-state index < -0.39 is 21.4 Å². The Kier molecular flexibility index (Phi) is 4.20. The number of benzene rings is 1. The summed E-state index contributed by atoms with van der Waals surface area (Å²) < 4.78 is 39.5. The molecule has 116 valence electrons. The molecule has 0 bridgehead atoms. The van der Waals surface area contributed by atoms with E-state index in [1.54, 1.807) is 6.07 Å². The van der Waals surface area contributed by atoms with Gasteiger partial charge in [0.1, 0.15) is 11.4 Å². The highest BCUT2D eigenvalue weighted by Gasteiger charge is 2.44. The van der Waals surface area contributed by atoms with Gasteiger partial charge in [-0.15, -0.1) is 0 Å². The average molecular weight is 315 g/mol. The molecule has 1 aromatic rings. The van der Waals surface area contributed by atoms with Gasteiger partial charge >= 0.3 is 0 Å². The van der Waals surface area contributed by atoms with Crippen LogP contribution in [0.5, 0.6) is 0 Å². The summed E-state index contributed by atoms with van der Waals surface area (Å²) in [5.41, 5.74) is 4.58. The number of aliphatic hydroxyl groups is 1. The Labute approximate surface area is 123 Å². The molecule has 3 N–H and O–H groups in total. The Morgan fingerprint density at radius 3 is 2.71 bits per heavy atom. The number of hydrogen-bond acceptors (Lipinski definition) is 5. The molecule has 0 saturated heterocycles. The van der Waals surface area contributed by atoms with Gasteiger partial charge in [0, 0.05) is 19.2 Å². The number of rotatable bonds is 4. The minimum atomic E-state index is -3.68. The molecule has 2 rings (SSSR count). The van der Waals surface area contributed by atoms with Gasteiger partial charge in [-0.25, -0.2) is 22.1 Å². The standard InChI is InChI=1S/C13H18FN3O3S/c1-17-12(15)16-13(7-4-8-18,9-21(17,19)20)10-5-2-3-6-11(10)14/h2-3,5-6,18H,4,7-9H2,1H3,(H2,15,16). The molecule has 21 heavy (non-hydrogen) atoms. The van der Waals surface area contributed by atoms with E-state index in [4.69, 9.17) is 10.8 Å². The molecule has 1 unspecified atom stereocenters. The van der Waals surface area contributed by atoms with E-state index in [0.29, 0.717) is 6.42 Å². The van der Waals surface area contributed by atoms with E-state index in [9.17, 15) is 12.8 Å². The van der Waals surface area contributed by atoms with Gasteiger partial charge in [0.05, 0.1) is 5.75 Å². The van der Waals surface area contributed by atoms with Gasteiger partial charge in [0.2, 0.25) is 16.0 Å². The zero-order chi connectivity index (χ0) is 15.7. The Morgan fingerprint density at radius 2 is 2.14 bits per heavy atom. The van der Waals surface area contributed by atoms with Crippen LogP contribution in [-0.2, 0) is 15.6 Å². The number of nitrogens with zero attached hydrogens (tertiary/aromatic N) is 2. The lowest BCUT2D eigenvalue weighted by atomic mass is 9.87. The highest BCUT2D eigenvalue weighted by Crippen LogP contribution is 2.37. The summed E-state index contributed by atoms with van der Waals surface area (Å²) in [6.07, 6.45) is 0.489. The van der Waals surface area contributed by atoms with Crippen molar-refractivity contribution in [3.05, 3.63) is 35.6 Å². The third kappa shape index (κ3) is 2.86. The van der Waals surface area contributed by atoms with E-state index in [0.717, 1.165) is 4.31 Å². The number of hydrogen-bond donors (Lipinski definition) is 2. The summed E-state index contributed by atoms with van der Waals surface area (Å²) in [5.74, 6) is -1.09. The third-order valence-corrected chi connectivity index (χ3v) is 5.48. The van der Waals surface area contributed by atoms with Crippen molar-refractivity contribution in [3.8, 4) is 0 Å². The van der Waals surface area contributed by atoms with Gasteiger partial charge in [-0.2, -0.15) is 0 Å². The first-order valence-corrected chi connectivity index (χ1v) is 8.11. The van der Waals surface area contributed by atoms with E-state index in [2.05, 4.69) is 4.99 Å². The van der Waals surface area contributed by atoms with Gasteiger partial charge in [-0.1, -0.05) is 18.2 Å². The number of aliphatic hydroxyl groups excluding tert-OH is 1. The van der Waals surface area contributed by atoms with Crippen LogP contribution in [0.25, 0.3) is 0 Å². The van der Waals surface area contributed by atoms with Crippen molar-refractivity contribution in [1.82, 2.24) is 4.31 Å². The number of aliphatic imine (C=N–C) groups is 1. The molecule has 1 atom stereocenters. The van der Waals surface area contributed by atoms with Crippen LogP contribution in [0.4, 0.5) is 4.39 Å². The quantitative estimate of drug-likeness (QED) is 0.840. The molecule has 0 amide bonds. The van der Waals surface area contributed by atoms with Crippen LogP contribution in [0.1, 0.15) is 18.4 Å². The maximum Gasteiger partial charge on any atom is 0.239 e. The van der Waals surface area contributed by atoms with Crippen molar-refractivity contribution < 1.29 is 17.9 Å². The molecule has 1 aromatic carbocycles. The van der Waals surface area contributed by atoms with Gasteiger partial charge < -0.3 is 10.8 Å². The monoisotopic (exact) mass is 315 g/mol. The van der Waals surface area contributed by atoms with Crippen molar-refractivity contribution in [2.45, 2.75) is 18.4 Å². The fourth-order valence-corrected chi connectivity index (χ4v) is 3.96. The molecule has 0 aromatic heterocycles. The van der Waals surface area contributed by atoms with Crippen LogP contribution in [0, 0.1) is 5.82 Å².